The Morgan fingerprint density at radius 2 is 1.87 bits per heavy atom. The molecule has 0 bridgehead atoms. The summed E-state index contributed by atoms with van der Waals surface area (Å²) in [6.07, 6.45) is -4.82. The Labute approximate surface area is 219 Å². The number of nitrogens with one attached hydrogen (secondary N) is 2. The lowest BCUT2D eigenvalue weighted by molar-refractivity contribution is -0.127. The summed E-state index contributed by atoms with van der Waals surface area (Å²) in [5, 5.41) is 38.1. The number of rotatable bonds is 8. The standard InChI is InChI=1S/C23H20F4N6O5S/c1-33(39(2)38)15-4-3-12(34)5-11(15)9-28-20-17-18(22(36)37)31-32-21(17)30-19(29-20)13-7-14(24)16(35)6-10(13)8-23(25,26)27/h3-7,34-35H,8-9H2,1-2H3,(H,36,37)(H2,28,29,30,31,32). The molecule has 0 radical (unpaired) electrons. The van der Waals surface area contributed by atoms with Crippen LogP contribution in [0.15, 0.2) is 30.3 Å². The number of nitrogens with zero attached hydrogens (tertiary/aromatic N) is 4. The molecule has 11 nitrogen and oxygen atoms in total. The van der Waals surface area contributed by atoms with Gasteiger partial charge in [0.25, 0.3) is 0 Å². The number of phenolic OH excluding ortho intramolecular Hbond substituents is 2. The lowest BCUT2D eigenvalue weighted by atomic mass is 10.0. The normalized spacial score (nSPS) is 12.5. The minimum atomic E-state index is -4.72. The number of hydrogen-bond acceptors (Lipinski definition) is 8. The Hall–Kier alpha value is -4.47. The van der Waals surface area contributed by atoms with Gasteiger partial charge in [-0.1, -0.05) is 0 Å². The highest BCUT2D eigenvalue weighted by Crippen LogP contribution is 2.35. The molecule has 2 aromatic heterocycles. The number of aromatic nitrogens is 4. The SMILES string of the molecule is CN(c1ccc(O)cc1CNc1nc(-c2cc(F)c(O)cc2CC(F)(F)F)nc2n[nH]c(C(=O)O)c12)S(C)=O. The van der Waals surface area contributed by atoms with Crippen LogP contribution in [0.1, 0.15) is 21.6 Å². The van der Waals surface area contributed by atoms with E-state index in [0.717, 1.165) is 0 Å². The monoisotopic (exact) mass is 568 g/mol. The largest absolute Gasteiger partial charge is 0.508 e. The lowest BCUT2D eigenvalue weighted by Gasteiger charge is -2.20. The van der Waals surface area contributed by atoms with Gasteiger partial charge < -0.3 is 20.6 Å². The summed E-state index contributed by atoms with van der Waals surface area (Å²) >= 11 is 0. The summed E-state index contributed by atoms with van der Waals surface area (Å²) in [6, 6.07) is 5.52. The Morgan fingerprint density at radius 1 is 1.15 bits per heavy atom. The number of anilines is 2. The number of fused-ring (bicyclic) bond motifs is 1. The summed E-state index contributed by atoms with van der Waals surface area (Å²) in [6.45, 7) is -0.125. The van der Waals surface area contributed by atoms with E-state index in [4.69, 9.17) is 0 Å². The van der Waals surface area contributed by atoms with Crippen LogP contribution in [-0.4, -0.2) is 65.1 Å². The Bertz CT molecular complexity index is 1610. The molecule has 0 aliphatic heterocycles. The van der Waals surface area contributed by atoms with Crippen LogP contribution in [0.2, 0.25) is 0 Å². The van der Waals surface area contributed by atoms with Crippen molar-refractivity contribution in [2.45, 2.75) is 19.1 Å². The van der Waals surface area contributed by atoms with E-state index >= 15 is 0 Å². The summed E-state index contributed by atoms with van der Waals surface area (Å²) in [7, 11) is 0.111. The van der Waals surface area contributed by atoms with Gasteiger partial charge >= 0.3 is 12.1 Å². The van der Waals surface area contributed by atoms with E-state index in [-0.39, 0.29) is 29.1 Å². The molecule has 1 atom stereocenters. The molecule has 0 saturated heterocycles. The summed E-state index contributed by atoms with van der Waals surface area (Å²) in [5.74, 6) is -4.37. The Morgan fingerprint density at radius 3 is 2.51 bits per heavy atom. The van der Waals surface area contributed by atoms with Crippen LogP contribution in [0.5, 0.6) is 11.5 Å². The first-order valence-electron chi connectivity index (χ1n) is 11.0. The molecule has 0 saturated carbocycles. The van der Waals surface area contributed by atoms with Crippen LogP contribution in [-0.2, 0) is 24.0 Å². The molecule has 0 aliphatic carbocycles. The van der Waals surface area contributed by atoms with Gasteiger partial charge in [-0.3, -0.25) is 9.40 Å². The van der Waals surface area contributed by atoms with E-state index in [1.807, 2.05) is 0 Å². The predicted molar refractivity (Wildman–Crippen MR) is 133 cm³/mol. The number of hydrogen-bond donors (Lipinski definition) is 5. The van der Waals surface area contributed by atoms with Crippen molar-refractivity contribution in [3.05, 3.63) is 53.0 Å². The van der Waals surface area contributed by atoms with Gasteiger partial charge in [0.05, 0.1) is 17.5 Å². The first kappa shape index (κ1) is 27.6. The molecular formula is C23H20F4N6O5S. The number of aromatic hydroxyl groups is 2. The van der Waals surface area contributed by atoms with Gasteiger partial charge in [-0.05, 0) is 41.5 Å². The summed E-state index contributed by atoms with van der Waals surface area (Å²) < 4.78 is 67.4. The second kappa shape index (κ2) is 10.4. The van der Waals surface area contributed by atoms with Gasteiger partial charge in [-0.2, -0.15) is 18.3 Å². The average molecular weight is 569 g/mol. The molecule has 206 valence electrons. The fourth-order valence-corrected chi connectivity index (χ4v) is 4.30. The number of phenols is 2. The number of halogens is 4. The van der Waals surface area contributed by atoms with Gasteiger partial charge in [0.15, 0.2) is 28.7 Å². The van der Waals surface area contributed by atoms with E-state index in [2.05, 4.69) is 25.5 Å². The molecular weight excluding hydrogens is 548 g/mol. The maximum atomic E-state index is 14.2. The van der Waals surface area contributed by atoms with Crippen molar-refractivity contribution in [1.29, 1.82) is 0 Å². The first-order valence-corrected chi connectivity index (χ1v) is 12.5. The van der Waals surface area contributed by atoms with Gasteiger partial charge in [-0.15, -0.1) is 0 Å². The van der Waals surface area contributed by atoms with E-state index in [1.54, 1.807) is 7.05 Å². The number of carboxylic acid groups (broad SMARTS) is 1. The van der Waals surface area contributed by atoms with Crippen molar-refractivity contribution in [2.75, 3.05) is 22.9 Å². The maximum Gasteiger partial charge on any atom is 0.393 e. The van der Waals surface area contributed by atoms with Crippen molar-refractivity contribution >= 4 is 39.5 Å². The van der Waals surface area contributed by atoms with Gasteiger partial charge in [0, 0.05) is 25.4 Å². The minimum Gasteiger partial charge on any atom is -0.508 e. The number of carbonyl (C=O) groups is 1. The minimum absolute atomic E-state index is 0.114. The third-order valence-corrected chi connectivity index (χ3v) is 6.63. The van der Waals surface area contributed by atoms with Crippen LogP contribution >= 0.6 is 0 Å². The third kappa shape index (κ3) is 5.84. The highest BCUT2D eigenvalue weighted by atomic mass is 32.2. The second-order valence-corrected chi connectivity index (χ2v) is 9.73. The van der Waals surface area contributed by atoms with Gasteiger partial charge in [0.1, 0.15) is 22.6 Å². The average Bonchev–Trinajstić information content (AvgIpc) is 3.28. The number of H-pyrrole nitrogens is 1. The highest BCUT2D eigenvalue weighted by molar-refractivity contribution is 7.85. The quantitative estimate of drug-likeness (QED) is 0.199. The zero-order valence-corrected chi connectivity index (χ0v) is 21.0. The number of aromatic amines is 1. The second-order valence-electron chi connectivity index (χ2n) is 8.34. The molecule has 16 heteroatoms. The molecule has 4 aromatic rings. The smallest absolute Gasteiger partial charge is 0.393 e. The van der Waals surface area contributed by atoms with Crippen LogP contribution in [0.3, 0.4) is 0 Å². The molecule has 1 unspecified atom stereocenters. The van der Waals surface area contributed by atoms with Crippen molar-refractivity contribution in [1.82, 2.24) is 20.2 Å². The molecule has 2 heterocycles. The zero-order chi connectivity index (χ0) is 28.6. The van der Waals surface area contributed by atoms with Crippen molar-refractivity contribution < 1.29 is 41.9 Å². The molecule has 39 heavy (non-hydrogen) atoms. The van der Waals surface area contributed by atoms with Crippen LogP contribution in [0.4, 0.5) is 29.1 Å². The van der Waals surface area contributed by atoms with E-state index in [0.29, 0.717) is 23.4 Å². The third-order valence-electron chi connectivity index (χ3n) is 5.67. The first-order chi connectivity index (χ1) is 18.2. The Balaban J connectivity index is 1.87. The van der Waals surface area contributed by atoms with Crippen LogP contribution in [0.25, 0.3) is 22.4 Å². The molecule has 0 spiro atoms. The van der Waals surface area contributed by atoms with Crippen molar-refractivity contribution in [2.24, 2.45) is 0 Å². The van der Waals surface area contributed by atoms with E-state index < -0.39 is 63.8 Å². The van der Waals surface area contributed by atoms with E-state index in [1.165, 1.54) is 28.8 Å². The topological polar surface area (TPSA) is 165 Å². The van der Waals surface area contributed by atoms with Crippen molar-refractivity contribution in [3.8, 4) is 22.9 Å². The zero-order valence-electron chi connectivity index (χ0n) is 20.2. The lowest BCUT2D eigenvalue weighted by Crippen LogP contribution is -2.21. The summed E-state index contributed by atoms with van der Waals surface area (Å²) in [4.78, 5) is 20.0. The molecule has 4 rings (SSSR count). The van der Waals surface area contributed by atoms with Gasteiger partial charge in [-0.25, -0.2) is 23.4 Å². The molecule has 0 amide bonds. The van der Waals surface area contributed by atoms with Gasteiger partial charge in [0.2, 0.25) is 0 Å². The van der Waals surface area contributed by atoms with Crippen LogP contribution < -0.4 is 9.62 Å². The maximum absolute atomic E-state index is 14.2. The predicted octanol–water partition coefficient (Wildman–Crippen LogP) is 3.72. The van der Waals surface area contributed by atoms with E-state index in [9.17, 15) is 41.9 Å². The number of aromatic carboxylic acids is 1. The number of alkyl halides is 3. The van der Waals surface area contributed by atoms with Crippen LogP contribution in [0, 0.1) is 5.82 Å². The summed E-state index contributed by atoms with van der Waals surface area (Å²) in [5.41, 5.74) is -0.724. The fraction of sp³-hybridized carbons (Fsp3) is 0.217. The number of benzene rings is 2. The number of carboxylic acids is 1. The van der Waals surface area contributed by atoms with Crippen molar-refractivity contribution in [3.63, 3.8) is 0 Å². The Kier molecular flexibility index (Phi) is 7.32. The molecule has 5 N–H and O–H groups in total. The molecule has 0 fully saturated rings. The highest BCUT2D eigenvalue weighted by Gasteiger charge is 2.31. The molecule has 0 aliphatic rings. The fourth-order valence-electron chi connectivity index (χ4n) is 3.84. The molecule has 2 aromatic carbocycles.